The van der Waals surface area contributed by atoms with Crippen molar-refractivity contribution in [3.05, 3.63) is 57.6 Å². The van der Waals surface area contributed by atoms with Crippen LogP contribution in [0.3, 0.4) is 0 Å². The first-order valence-corrected chi connectivity index (χ1v) is 10.5. The van der Waals surface area contributed by atoms with E-state index in [1.54, 1.807) is 0 Å². The molecule has 0 aliphatic carbocycles. The monoisotopic (exact) mass is 398 g/mol. The van der Waals surface area contributed by atoms with E-state index in [1.807, 2.05) is 24.3 Å². The number of rotatable bonds is 0. The van der Waals surface area contributed by atoms with Gasteiger partial charge in [0.1, 0.15) is 11.5 Å². The van der Waals surface area contributed by atoms with Crippen LogP contribution in [0.2, 0.25) is 0 Å². The van der Waals surface area contributed by atoms with Gasteiger partial charge in [0.2, 0.25) is 0 Å². The van der Waals surface area contributed by atoms with E-state index in [0.29, 0.717) is 37.7 Å². The molecule has 0 aromatic heterocycles. The van der Waals surface area contributed by atoms with Crippen LogP contribution in [0.25, 0.3) is 0 Å². The Morgan fingerprint density at radius 2 is 0.862 bits per heavy atom. The molecule has 0 spiro atoms. The van der Waals surface area contributed by atoms with Gasteiger partial charge in [0.05, 0.1) is 0 Å². The summed E-state index contributed by atoms with van der Waals surface area (Å²) in [5.74, 6) is 0.770. The Bertz CT molecular complexity index is 756. The minimum absolute atomic E-state index is 0.385. The maximum Gasteiger partial charge on any atom is 0.124 e. The van der Waals surface area contributed by atoms with E-state index in [1.165, 1.54) is 0 Å². The Labute approximate surface area is 173 Å². The normalized spacial score (nSPS) is 17.2. The van der Waals surface area contributed by atoms with Crippen LogP contribution < -0.4 is 21.3 Å². The molecule has 1 aliphatic rings. The van der Waals surface area contributed by atoms with Crippen molar-refractivity contribution in [1.82, 2.24) is 21.3 Å². The molecule has 3 rings (SSSR count). The van der Waals surface area contributed by atoms with Crippen LogP contribution in [0, 0.1) is 13.8 Å². The molecule has 1 heterocycles. The SMILES string of the molecule is Cc1cc2c(O)c(c1)CNCCNCc1cc(C)cc(c1O)CNCCCNC2. The molecule has 1 aliphatic heterocycles. The molecule has 158 valence electrons. The highest BCUT2D eigenvalue weighted by atomic mass is 16.3. The van der Waals surface area contributed by atoms with Crippen LogP contribution >= 0.6 is 0 Å². The maximum absolute atomic E-state index is 10.6. The maximum atomic E-state index is 10.6. The number of benzene rings is 2. The molecule has 6 heteroatoms. The lowest BCUT2D eigenvalue weighted by Crippen LogP contribution is -2.27. The van der Waals surface area contributed by atoms with Gasteiger partial charge in [-0.25, -0.2) is 0 Å². The van der Waals surface area contributed by atoms with Gasteiger partial charge in [-0.1, -0.05) is 35.4 Å². The average molecular weight is 399 g/mol. The van der Waals surface area contributed by atoms with E-state index >= 15 is 0 Å². The summed E-state index contributed by atoms with van der Waals surface area (Å²) in [6.07, 6.45) is 0.974. The van der Waals surface area contributed by atoms with Crippen LogP contribution in [0.15, 0.2) is 24.3 Å². The summed E-state index contributed by atoms with van der Waals surface area (Å²) in [7, 11) is 0. The van der Waals surface area contributed by atoms with E-state index in [4.69, 9.17) is 0 Å². The van der Waals surface area contributed by atoms with Crippen molar-refractivity contribution < 1.29 is 10.2 Å². The molecule has 0 unspecified atom stereocenters. The first-order chi connectivity index (χ1) is 14.0. The van der Waals surface area contributed by atoms with Crippen LogP contribution in [0.4, 0.5) is 0 Å². The lowest BCUT2D eigenvalue weighted by Gasteiger charge is -2.14. The van der Waals surface area contributed by atoms with Crippen LogP contribution in [-0.2, 0) is 26.2 Å². The van der Waals surface area contributed by atoms with E-state index in [0.717, 1.165) is 66.0 Å². The highest BCUT2D eigenvalue weighted by molar-refractivity contribution is 5.44. The van der Waals surface area contributed by atoms with Gasteiger partial charge >= 0.3 is 0 Å². The molecule has 0 saturated carbocycles. The van der Waals surface area contributed by atoms with E-state index in [-0.39, 0.29) is 0 Å². The minimum Gasteiger partial charge on any atom is -0.507 e. The number of nitrogens with one attached hydrogen (secondary N) is 4. The van der Waals surface area contributed by atoms with Gasteiger partial charge in [0, 0.05) is 61.5 Å². The molecular weight excluding hydrogens is 364 g/mol. The molecule has 2 aromatic rings. The highest BCUT2D eigenvalue weighted by Gasteiger charge is 2.10. The number of hydrogen-bond acceptors (Lipinski definition) is 6. The Morgan fingerprint density at radius 1 is 0.552 bits per heavy atom. The number of aromatic hydroxyl groups is 2. The third-order valence-electron chi connectivity index (χ3n) is 5.27. The summed E-state index contributed by atoms with van der Waals surface area (Å²) in [6, 6.07) is 8.17. The van der Waals surface area contributed by atoms with Gasteiger partial charge in [0.15, 0.2) is 0 Å². The largest absolute Gasteiger partial charge is 0.507 e. The van der Waals surface area contributed by atoms with Crippen molar-refractivity contribution in [3.8, 4) is 11.5 Å². The zero-order valence-electron chi connectivity index (χ0n) is 17.6. The van der Waals surface area contributed by atoms with Gasteiger partial charge in [-0.15, -0.1) is 0 Å². The van der Waals surface area contributed by atoms with E-state index in [2.05, 4.69) is 35.1 Å². The highest BCUT2D eigenvalue weighted by Crippen LogP contribution is 2.25. The first kappa shape index (κ1) is 21.6. The second-order valence-electron chi connectivity index (χ2n) is 7.92. The summed E-state index contributed by atoms with van der Waals surface area (Å²) < 4.78 is 0. The Morgan fingerprint density at radius 3 is 1.21 bits per heavy atom. The lowest BCUT2D eigenvalue weighted by atomic mass is 10.0. The van der Waals surface area contributed by atoms with Crippen molar-refractivity contribution in [2.45, 2.75) is 46.4 Å². The number of fused-ring (bicyclic) bond motifs is 4. The standard InChI is InChI=1S/C23H34N4O2/c1-16-8-18-12-24-4-3-5-25-13-19-9-17(2)11-21(23(19)29)15-27-7-6-26-14-20(10-16)22(18)28/h8-11,24-29H,3-7,12-15H2,1-2H3. The molecule has 2 aromatic carbocycles. The first-order valence-electron chi connectivity index (χ1n) is 10.5. The summed E-state index contributed by atoms with van der Waals surface area (Å²) in [5.41, 5.74) is 6.08. The van der Waals surface area contributed by atoms with Gasteiger partial charge < -0.3 is 31.5 Å². The quantitative estimate of drug-likeness (QED) is 0.408. The topological polar surface area (TPSA) is 88.6 Å². The smallest absolute Gasteiger partial charge is 0.124 e. The Kier molecular flexibility index (Phi) is 7.89. The number of phenols is 2. The van der Waals surface area contributed by atoms with Crippen molar-refractivity contribution in [2.75, 3.05) is 26.2 Å². The fourth-order valence-corrected chi connectivity index (χ4v) is 3.81. The van der Waals surface area contributed by atoms with Gasteiger partial charge in [-0.05, 0) is 33.4 Å². The van der Waals surface area contributed by atoms with Crippen molar-refractivity contribution in [2.24, 2.45) is 0 Å². The van der Waals surface area contributed by atoms with Gasteiger partial charge in [-0.3, -0.25) is 0 Å². The predicted molar refractivity (Wildman–Crippen MR) is 117 cm³/mol. The minimum atomic E-state index is 0.385. The van der Waals surface area contributed by atoms with Gasteiger partial charge in [0.25, 0.3) is 0 Å². The summed E-state index contributed by atoms with van der Waals surface area (Å²) in [6.45, 7) is 9.99. The summed E-state index contributed by atoms with van der Waals surface area (Å²) in [5, 5.41) is 34.8. The van der Waals surface area contributed by atoms with Crippen LogP contribution in [-0.4, -0.2) is 36.4 Å². The molecule has 0 amide bonds. The van der Waals surface area contributed by atoms with Gasteiger partial charge in [-0.2, -0.15) is 0 Å². The zero-order chi connectivity index (χ0) is 20.6. The van der Waals surface area contributed by atoms with Crippen LogP contribution in [0.1, 0.15) is 39.8 Å². The molecule has 0 radical (unpaired) electrons. The Balaban J connectivity index is 1.69. The number of hydrogen-bond donors (Lipinski definition) is 6. The fraction of sp³-hybridized carbons (Fsp3) is 0.478. The molecule has 6 nitrogen and oxygen atoms in total. The van der Waals surface area contributed by atoms with E-state index < -0.39 is 0 Å². The Hall–Kier alpha value is -2.12. The second kappa shape index (κ2) is 10.6. The third-order valence-corrected chi connectivity index (χ3v) is 5.27. The molecule has 0 saturated heterocycles. The number of aryl methyl sites for hydroxylation is 2. The molecule has 0 fully saturated rings. The second-order valence-corrected chi connectivity index (χ2v) is 7.92. The molecule has 0 atom stereocenters. The molecule has 6 N–H and O–H groups in total. The molecule has 29 heavy (non-hydrogen) atoms. The van der Waals surface area contributed by atoms with Crippen LogP contribution in [0.5, 0.6) is 11.5 Å². The van der Waals surface area contributed by atoms with Crippen molar-refractivity contribution >= 4 is 0 Å². The number of phenolic OH excluding ortho intramolecular Hbond substituents is 2. The fourth-order valence-electron chi connectivity index (χ4n) is 3.81. The molecule has 4 bridgehead atoms. The van der Waals surface area contributed by atoms with Crippen molar-refractivity contribution in [3.63, 3.8) is 0 Å². The summed E-state index contributed by atoms with van der Waals surface area (Å²) in [4.78, 5) is 0. The lowest BCUT2D eigenvalue weighted by molar-refractivity contribution is 0.452. The third kappa shape index (κ3) is 6.18. The average Bonchev–Trinajstić information content (AvgIpc) is 2.68. The predicted octanol–water partition coefficient (Wildman–Crippen LogP) is 2.18. The zero-order valence-corrected chi connectivity index (χ0v) is 17.6. The summed E-state index contributed by atoms with van der Waals surface area (Å²) >= 11 is 0. The van der Waals surface area contributed by atoms with Crippen molar-refractivity contribution in [1.29, 1.82) is 0 Å². The van der Waals surface area contributed by atoms with E-state index in [9.17, 15) is 10.2 Å². The molecular formula is C23H34N4O2.